The summed E-state index contributed by atoms with van der Waals surface area (Å²) in [4.78, 5) is 24.6. The molecule has 0 aliphatic carbocycles. The molecule has 4 nitrogen and oxygen atoms in total. The number of rotatable bonds is 7. The van der Waals surface area contributed by atoms with Crippen molar-refractivity contribution in [1.82, 2.24) is 4.90 Å². The maximum atomic E-state index is 12.0. The quantitative estimate of drug-likeness (QED) is 0.577. The zero-order chi connectivity index (χ0) is 13.4. The maximum Gasteiger partial charge on any atom is 0.326 e. The van der Waals surface area contributed by atoms with E-state index >= 15 is 0 Å². The minimum absolute atomic E-state index is 0.00389. The first-order valence-electron chi connectivity index (χ1n) is 6.43. The molecule has 0 aromatic heterocycles. The molecule has 1 unspecified atom stereocenters. The molecule has 0 radical (unpaired) electrons. The Kier molecular flexibility index (Phi) is 7.58. The second-order valence-corrected chi connectivity index (χ2v) is 7.14. The van der Waals surface area contributed by atoms with Crippen LogP contribution in [0, 0.1) is 0 Å². The van der Waals surface area contributed by atoms with E-state index in [4.69, 9.17) is 5.11 Å². The van der Waals surface area contributed by atoms with Gasteiger partial charge in [0.15, 0.2) is 0 Å². The normalized spacial score (nSPS) is 19.8. The highest BCUT2D eigenvalue weighted by molar-refractivity contribution is 8.76. The van der Waals surface area contributed by atoms with Crippen LogP contribution in [0.15, 0.2) is 0 Å². The van der Waals surface area contributed by atoms with Crippen LogP contribution in [0.1, 0.15) is 39.0 Å². The van der Waals surface area contributed by atoms with Crippen LogP contribution in [0.2, 0.25) is 0 Å². The van der Waals surface area contributed by atoms with Gasteiger partial charge in [0.25, 0.3) is 0 Å². The molecule has 0 saturated carbocycles. The van der Waals surface area contributed by atoms with Crippen molar-refractivity contribution < 1.29 is 14.7 Å². The van der Waals surface area contributed by atoms with Gasteiger partial charge in [-0.15, -0.1) is 0 Å². The minimum Gasteiger partial charge on any atom is -0.480 e. The molecule has 1 amide bonds. The maximum absolute atomic E-state index is 12.0. The molecule has 18 heavy (non-hydrogen) atoms. The third-order valence-corrected chi connectivity index (χ3v) is 5.49. The average molecular weight is 291 g/mol. The number of likely N-dealkylation sites (tertiary alicyclic amines) is 1. The molecule has 1 saturated heterocycles. The Hall–Kier alpha value is -0.360. The smallest absolute Gasteiger partial charge is 0.326 e. The lowest BCUT2D eigenvalue weighted by Crippen LogP contribution is -2.47. The fraction of sp³-hybridized carbons (Fsp3) is 0.833. The zero-order valence-electron chi connectivity index (χ0n) is 10.8. The van der Waals surface area contributed by atoms with Crippen LogP contribution in [-0.4, -0.2) is 46.0 Å². The Bertz CT molecular complexity index is 286. The van der Waals surface area contributed by atoms with Crippen molar-refractivity contribution in [3.8, 4) is 0 Å². The van der Waals surface area contributed by atoms with Gasteiger partial charge in [-0.2, -0.15) is 0 Å². The highest BCUT2D eigenvalue weighted by Crippen LogP contribution is 2.23. The SMILES string of the molecule is CCSSCCCC(=O)N1CCCCC1C(=O)O. The molecule has 0 aromatic rings. The summed E-state index contributed by atoms with van der Waals surface area (Å²) in [6.45, 7) is 2.71. The van der Waals surface area contributed by atoms with Gasteiger partial charge >= 0.3 is 5.97 Å². The zero-order valence-corrected chi connectivity index (χ0v) is 12.4. The van der Waals surface area contributed by atoms with Crippen LogP contribution in [0.4, 0.5) is 0 Å². The van der Waals surface area contributed by atoms with Crippen molar-refractivity contribution in [3.63, 3.8) is 0 Å². The van der Waals surface area contributed by atoms with Crippen molar-refractivity contribution in [1.29, 1.82) is 0 Å². The predicted molar refractivity (Wildman–Crippen MR) is 76.8 cm³/mol. The van der Waals surface area contributed by atoms with Gasteiger partial charge in [0.2, 0.25) is 5.91 Å². The van der Waals surface area contributed by atoms with Gasteiger partial charge in [-0.25, -0.2) is 4.79 Å². The van der Waals surface area contributed by atoms with E-state index in [0.29, 0.717) is 19.4 Å². The Morgan fingerprint density at radius 2 is 2.11 bits per heavy atom. The number of aliphatic carboxylic acids is 1. The molecule has 1 atom stereocenters. The largest absolute Gasteiger partial charge is 0.480 e. The summed E-state index contributed by atoms with van der Waals surface area (Å²) in [5, 5.41) is 9.10. The number of carbonyl (C=O) groups excluding carboxylic acids is 1. The Balaban J connectivity index is 2.32. The van der Waals surface area contributed by atoms with E-state index in [0.717, 1.165) is 30.8 Å². The van der Waals surface area contributed by atoms with Gasteiger partial charge in [0.1, 0.15) is 6.04 Å². The van der Waals surface area contributed by atoms with Crippen molar-refractivity contribution >= 4 is 33.5 Å². The lowest BCUT2D eigenvalue weighted by atomic mass is 10.0. The van der Waals surface area contributed by atoms with E-state index in [1.165, 1.54) is 0 Å². The van der Waals surface area contributed by atoms with Gasteiger partial charge in [-0.1, -0.05) is 28.5 Å². The lowest BCUT2D eigenvalue weighted by Gasteiger charge is -2.33. The highest BCUT2D eigenvalue weighted by atomic mass is 33.1. The predicted octanol–water partition coefficient (Wildman–Crippen LogP) is 2.63. The van der Waals surface area contributed by atoms with Crippen LogP contribution < -0.4 is 0 Å². The summed E-state index contributed by atoms with van der Waals surface area (Å²) in [5.41, 5.74) is 0. The van der Waals surface area contributed by atoms with Gasteiger partial charge in [0, 0.05) is 24.5 Å². The molecule has 6 heteroatoms. The first-order chi connectivity index (χ1) is 8.66. The van der Waals surface area contributed by atoms with Gasteiger partial charge < -0.3 is 10.0 Å². The summed E-state index contributed by atoms with van der Waals surface area (Å²) in [5.74, 6) is 1.17. The molecule has 1 rings (SSSR count). The summed E-state index contributed by atoms with van der Waals surface area (Å²) in [6.07, 6.45) is 3.74. The van der Waals surface area contributed by atoms with Crippen LogP contribution in [0.25, 0.3) is 0 Å². The monoisotopic (exact) mass is 291 g/mol. The molecule has 0 aromatic carbocycles. The average Bonchev–Trinajstić information content (AvgIpc) is 2.38. The van der Waals surface area contributed by atoms with Gasteiger partial charge in [-0.05, 0) is 25.7 Å². The van der Waals surface area contributed by atoms with Crippen LogP contribution in [0.3, 0.4) is 0 Å². The van der Waals surface area contributed by atoms with E-state index in [1.807, 2.05) is 0 Å². The topological polar surface area (TPSA) is 57.6 Å². The third kappa shape index (κ3) is 5.10. The lowest BCUT2D eigenvalue weighted by molar-refractivity contribution is -0.152. The van der Waals surface area contributed by atoms with Gasteiger partial charge in [0.05, 0.1) is 0 Å². The number of carboxylic acids is 1. The summed E-state index contributed by atoms with van der Waals surface area (Å²) in [6, 6.07) is -0.594. The third-order valence-electron chi connectivity index (χ3n) is 2.93. The second kappa shape index (κ2) is 8.69. The summed E-state index contributed by atoms with van der Waals surface area (Å²) < 4.78 is 0. The fourth-order valence-corrected chi connectivity index (χ4v) is 3.81. The second-order valence-electron chi connectivity index (χ2n) is 4.27. The number of hydrogen-bond acceptors (Lipinski definition) is 4. The molecule has 1 N–H and O–H groups in total. The molecule has 1 fully saturated rings. The summed E-state index contributed by atoms with van der Waals surface area (Å²) >= 11 is 0. The first-order valence-corrected chi connectivity index (χ1v) is 8.92. The van der Waals surface area contributed by atoms with E-state index in [2.05, 4.69) is 6.92 Å². The van der Waals surface area contributed by atoms with E-state index in [9.17, 15) is 9.59 Å². The van der Waals surface area contributed by atoms with Crippen molar-refractivity contribution in [2.45, 2.75) is 45.1 Å². The number of carbonyl (C=O) groups is 2. The Morgan fingerprint density at radius 3 is 2.78 bits per heavy atom. The number of nitrogens with zero attached hydrogens (tertiary/aromatic N) is 1. The Morgan fingerprint density at radius 1 is 1.33 bits per heavy atom. The highest BCUT2D eigenvalue weighted by Gasteiger charge is 2.31. The van der Waals surface area contributed by atoms with Gasteiger partial charge in [-0.3, -0.25) is 4.79 Å². The molecule has 0 bridgehead atoms. The molecule has 1 aliphatic heterocycles. The fourth-order valence-electron chi connectivity index (χ4n) is 2.05. The molecular weight excluding hydrogens is 270 g/mol. The van der Waals surface area contributed by atoms with E-state index in [1.54, 1.807) is 26.5 Å². The molecule has 104 valence electrons. The molecule has 0 spiro atoms. The van der Waals surface area contributed by atoms with Crippen LogP contribution in [0.5, 0.6) is 0 Å². The van der Waals surface area contributed by atoms with Crippen molar-refractivity contribution in [2.24, 2.45) is 0 Å². The van der Waals surface area contributed by atoms with Crippen LogP contribution >= 0.6 is 21.6 Å². The first kappa shape index (κ1) is 15.7. The molecule has 1 heterocycles. The number of amides is 1. The summed E-state index contributed by atoms with van der Waals surface area (Å²) in [7, 11) is 3.58. The Labute approximate surface area is 116 Å². The van der Waals surface area contributed by atoms with Crippen molar-refractivity contribution in [2.75, 3.05) is 18.1 Å². The minimum atomic E-state index is -0.862. The van der Waals surface area contributed by atoms with E-state index < -0.39 is 12.0 Å². The number of piperidine rings is 1. The van der Waals surface area contributed by atoms with E-state index in [-0.39, 0.29) is 5.91 Å². The number of carboxylic acid groups (broad SMARTS) is 1. The standard InChI is InChI=1S/C12H21NO3S2/c1-2-17-18-9-5-7-11(14)13-8-4-3-6-10(13)12(15)16/h10H,2-9H2,1H3,(H,15,16). The van der Waals surface area contributed by atoms with Crippen LogP contribution in [-0.2, 0) is 9.59 Å². The van der Waals surface area contributed by atoms with Crippen molar-refractivity contribution in [3.05, 3.63) is 0 Å². The number of hydrogen-bond donors (Lipinski definition) is 1. The molecule has 1 aliphatic rings. The molecular formula is C12H21NO3S2.